The SMILES string of the molecule is CCC(C)[C]1C=C2C=CC=C2O1. The first kappa shape index (κ1) is 7.66. The van der Waals surface area contributed by atoms with Crippen LogP contribution in [0.4, 0.5) is 0 Å². The van der Waals surface area contributed by atoms with Gasteiger partial charge in [-0.15, -0.1) is 0 Å². The van der Waals surface area contributed by atoms with E-state index in [0.717, 1.165) is 18.3 Å². The van der Waals surface area contributed by atoms with Gasteiger partial charge in [0.15, 0.2) is 6.10 Å². The Balaban J connectivity index is 2.12. The van der Waals surface area contributed by atoms with Gasteiger partial charge in [-0.3, -0.25) is 0 Å². The Hall–Kier alpha value is -0.980. The van der Waals surface area contributed by atoms with Crippen molar-refractivity contribution in [1.82, 2.24) is 0 Å². The number of fused-ring (bicyclic) bond motifs is 1. The molecule has 1 aliphatic heterocycles. The first-order valence-electron chi connectivity index (χ1n) is 4.46. The number of hydrogen-bond donors (Lipinski definition) is 0. The zero-order valence-corrected chi connectivity index (χ0v) is 7.50. The molecule has 0 amide bonds. The van der Waals surface area contributed by atoms with E-state index in [1.165, 1.54) is 5.57 Å². The summed E-state index contributed by atoms with van der Waals surface area (Å²) in [4.78, 5) is 0. The third-order valence-corrected chi connectivity index (χ3v) is 2.43. The molecule has 0 fully saturated rings. The van der Waals surface area contributed by atoms with Crippen molar-refractivity contribution in [1.29, 1.82) is 0 Å². The molecule has 2 rings (SSSR count). The summed E-state index contributed by atoms with van der Waals surface area (Å²) < 4.78 is 5.66. The Morgan fingerprint density at radius 3 is 3.00 bits per heavy atom. The highest BCUT2D eigenvalue weighted by Crippen LogP contribution is 2.36. The molecule has 0 spiro atoms. The van der Waals surface area contributed by atoms with Crippen LogP contribution in [0.5, 0.6) is 0 Å². The summed E-state index contributed by atoms with van der Waals surface area (Å²) in [5.41, 5.74) is 1.23. The maximum atomic E-state index is 5.66. The first-order valence-corrected chi connectivity index (χ1v) is 4.46. The van der Waals surface area contributed by atoms with E-state index in [0.29, 0.717) is 5.92 Å². The van der Waals surface area contributed by atoms with Crippen molar-refractivity contribution in [3.05, 3.63) is 41.7 Å². The van der Waals surface area contributed by atoms with Crippen molar-refractivity contribution in [2.45, 2.75) is 20.3 Å². The highest BCUT2D eigenvalue weighted by molar-refractivity contribution is 5.51. The van der Waals surface area contributed by atoms with Crippen LogP contribution in [0.2, 0.25) is 0 Å². The normalized spacial score (nSPS) is 23.2. The maximum Gasteiger partial charge on any atom is 0.174 e. The molecule has 1 heteroatoms. The molecule has 1 radical (unpaired) electrons. The largest absolute Gasteiger partial charge is 0.478 e. The molecule has 0 bridgehead atoms. The van der Waals surface area contributed by atoms with Gasteiger partial charge in [0.2, 0.25) is 0 Å². The Bertz CT molecular complexity index is 271. The molecule has 1 aliphatic carbocycles. The molecule has 0 aromatic heterocycles. The quantitative estimate of drug-likeness (QED) is 0.605. The van der Waals surface area contributed by atoms with Crippen molar-refractivity contribution in [2.75, 3.05) is 0 Å². The summed E-state index contributed by atoms with van der Waals surface area (Å²) in [6.45, 7) is 4.37. The molecule has 1 heterocycles. The van der Waals surface area contributed by atoms with Gasteiger partial charge in [-0.2, -0.15) is 0 Å². The van der Waals surface area contributed by atoms with E-state index < -0.39 is 0 Å². The van der Waals surface area contributed by atoms with E-state index in [1.807, 2.05) is 12.2 Å². The molecule has 0 saturated carbocycles. The van der Waals surface area contributed by atoms with Crippen LogP contribution in [0.15, 0.2) is 35.6 Å². The zero-order valence-electron chi connectivity index (χ0n) is 7.50. The minimum absolute atomic E-state index is 0.539. The van der Waals surface area contributed by atoms with Crippen LogP contribution in [0.25, 0.3) is 0 Å². The monoisotopic (exact) mass is 161 g/mol. The third-order valence-electron chi connectivity index (χ3n) is 2.43. The molecule has 0 saturated heterocycles. The van der Waals surface area contributed by atoms with Gasteiger partial charge < -0.3 is 4.74 Å². The minimum Gasteiger partial charge on any atom is -0.478 e. The second-order valence-corrected chi connectivity index (χ2v) is 3.30. The topological polar surface area (TPSA) is 9.23 Å². The Morgan fingerprint density at radius 2 is 2.33 bits per heavy atom. The lowest BCUT2D eigenvalue weighted by atomic mass is 10.0. The van der Waals surface area contributed by atoms with Gasteiger partial charge in [0, 0.05) is 11.5 Å². The first-order chi connectivity index (χ1) is 5.81. The summed E-state index contributed by atoms with van der Waals surface area (Å²) in [6.07, 6.45) is 10.5. The lowest BCUT2D eigenvalue weighted by Gasteiger charge is -2.14. The summed E-state index contributed by atoms with van der Waals surface area (Å²) in [5, 5.41) is 0. The van der Waals surface area contributed by atoms with Crippen LogP contribution in [-0.4, -0.2) is 0 Å². The third kappa shape index (κ3) is 1.09. The van der Waals surface area contributed by atoms with Crippen molar-refractivity contribution in [3.63, 3.8) is 0 Å². The van der Waals surface area contributed by atoms with Gasteiger partial charge in [0.25, 0.3) is 0 Å². The summed E-state index contributed by atoms with van der Waals surface area (Å²) >= 11 is 0. The fourth-order valence-corrected chi connectivity index (χ4v) is 1.38. The van der Waals surface area contributed by atoms with Crippen molar-refractivity contribution < 1.29 is 4.74 Å². The predicted octanol–water partition coefficient (Wildman–Crippen LogP) is 2.97. The highest BCUT2D eigenvalue weighted by Gasteiger charge is 2.26. The Kier molecular flexibility index (Phi) is 1.80. The highest BCUT2D eigenvalue weighted by atomic mass is 16.5. The van der Waals surface area contributed by atoms with E-state index in [4.69, 9.17) is 4.74 Å². The standard InChI is InChI=1S/C11H13O/c1-3-8(2)11-7-9-5-4-6-10(9)12-11/h4-8H,3H2,1-2H3. The molecular weight excluding hydrogens is 148 g/mol. The molecule has 2 aliphatic rings. The van der Waals surface area contributed by atoms with E-state index in [1.54, 1.807) is 0 Å². The molecule has 1 nitrogen and oxygen atoms in total. The smallest absolute Gasteiger partial charge is 0.174 e. The van der Waals surface area contributed by atoms with Crippen molar-refractivity contribution in [2.24, 2.45) is 5.92 Å². The van der Waals surface area contributed by atoms with Crippen molar-refractivity contribution in [3.8, 4) is 0 Å². The molecule has 12 heavy (non-hydrogen) atoms. The van der Waals surface area contributed by atoms with E-state index in [9.17, 15) is 0 Å². The molecular formula is C11H13O. The van der Waals surface area contributed by atoms with Gasteiger partial charge >= 0.3 is 0 Å². The molecule has 1 atom stereocenters. The number of rotatable bonds is 2. The summed E-state index contributed by atoms with van der Waals surface area (Å²) in [7, 11) is 0. The van der Waals surface area contributed by atoms with Gasteiger partial charge in [0.1, 0.15) is 5.76 Å². The number of hydrogen-bond acceptors (Lipinski definition) is 1. The zero-order chi connectivity index (χ0) is 8.55. The van der Waals surface area contributed by atoms with Crippen LogP contribution in [0.3, 0.4) is 0 Å². The second kappa shape index (κ2) is 2.81. The number of allylic oxidation sites excluding steroid dienone is 3. The lowest BCUT2D eigenvalue weighted by molar-refractivity contribution is 0.223. The van der Waals surface area contributed by atoms with E-state index in [2.05, 4.69) is 26.0 Å². The average Bonchev–Trinajstić information content (AvgIpc) is 2.60. The summed E-state index contributed by atoms with van der Waals surface area (Å²) in [5.74, 6) is 1.56. The predicted molar refractivity (Wildman–Crippen MR) is 49.1 cm³/mol. The number of ether oxygens (including phenoxy) is 1. The van der Waals surface area contributed by atoms with Crippen LogP contribution >= 0.6 is 0 Å². The fourth-order valence-electron chi connectivity index (χ4n) is 1.38. The Morgan fingerprint density at radius 1 is 1.50 bits per heavy atom. The average molecular weight is 161 g/mol. The van der Waals surface area contributed by atoms with E-state index in [-0.39, 0.29) is 0 Å². The molecule has 0 aromatic rings. The maximum absolute atomic E-state index is 5.66. The van der Waals surface area contributed by atoms with Crippen LogP contribution in [0.1, 0.15) is 20.3 Å². The second-order valence-electron chi connectivity index (χ2n) is 3.30. The van der Waals surface area contributed by atoms with Crippen LogP contribution in [-0.2, 0) is 4.74 Å². The minimum atomic E-state index is 0.539. The summed E-state index contributed by atoms with van der Waals surface area (Å²) in [6, 6.07) is 0. The van der Waals surface area contributed by atoms with E-state index >= 15 is 0 Å². The lowest BCUT2D eigenvalue weighted by Crippen LogP contribution is -2.05. The van der Waals surface area contributed by atoms with Crippen LogP contribution in [0, 0.1) is 12.0 Å². The van der Waals surface area contributed by atoms with Crippen LogP contribution < -0.4 is 0 Å². The van der Waals surface area contributed by atoms with Gasteiger partial charge in [-0.1, -0.05) is 26.0 Å². The Labute approximate surface area is 73.4 Å². The fraction of sp³-hybridized carbons (Fsp3) is 0.364. The van der Waals surface area contributed by atoms with Gasteiger partial charge in [0.05, 0.1) is 0 Å². The molecule has 0 N–H and O–H groups in total. The molecule has 63 valence electrons. The molecule has 0 aromatic carbocycles. The molecule has 1 unspecified atom stereocenters. The van der Waals surface area contributed by atoms with Gasteiger partial charge in [-0.05, 0) is 18.6 Å². The van der Waals surface area contributed by atoms with Crippen molar-refractivity contribution >= 4 is 0 Å². The van der Waals surface area contributed by atoms with Gasteiger partial charge in [-0.25, -0.2) is 0 Å².